The van der Waals surface area contributed by atoms with Crippen LogP contribution in [0.25, 0.3) is 12.2 Å². The van der Waals surface area contributed by atoms with Crippen molar-refractivity contribution < 1.29 is 9.59 Å². The van der Waals surface area contributed by atoms with Gasteiger partial charge in [-0.3, -0.25) is 9.59 Å². The monoisotopic (exact) mass is 327 g/mol. The molecule has 0 unspecified atom stereocenters. The number of benzene rings is 2. The number of fused-ring (bicyclic) bond motifs is 2. The first-order chi connectivity index (χ1) is 12.1. The second kappa shape index (κ2) is 5.71. The molecule has 0 aliphatic heterocycles. The van der Waals surface area contributed by atoms with E-state index >= 15 is 0 Å². The number of carbonyl (C=O) groups excluding carboxylic acids is 2. The molecule has 0 atom stereocenters. The summed E-state index contributed by atoms with van der Waals surface area (Å²) >= 11 is 0. The zero-order valence-electron chi connectivity index (χ0n) is 14.1. The van der Waals surface area contributed by atoms with Crippen molar-refractivity contribution in [1.82, 2.24) is 4.57 Å². The number of aromatic nitrogens is 1. The Bertz CT molecular complexity index is 981. The third-order valence-corrected chi connectivity index (χ3v) is 4.78. The molecule has 2 aromatic carbocycles. The molecular weight excluding hydrogens is 310 g/mol. The van der Waals surface area contributed by atoms with Crippen LogP contribution in [0.2, 0.25) is 0 Å². The SMILES string of the molecule is Cc1c2c(n(C)c1/C=C/c1ccccc1)C(=O)c1ccccc1C2=O. The van der Waals surface area contributed by atoms with Gasteiger partial charge in [0.25, 0.3) is 0 Å². The summed E-state index contributed by atoms with van der Waals surface area (Å²) in [6.45, 7) is 1.91. The van der Waals surface area contributed by atoms with Crippen LogP contribution in [0.4, 0.5) is 0 Å². The highest BCUT2D eigenvalue weighted by Gasteiger charge is 2.34. The highest BCUT2D eigenvalue weighted by atomic mass is 16.1. The summed E-state index contributed by atoms with van der Waals surface area (Å²) < 4.78 is 1.83. The first kappa shape index (κ1) is 15.3. The first-order valence-corrected chi connectivity index (χ1v) is 8.20. The van der Waals surface area contributed by atoms with Gasteiger partial charge in [0.05, 0.1) is 5.56 Å². The molecule has 0 bridgehead atoms. The van der Waals surface area contributed by atoms with E-state index in [0.29, 0.717) is 22.4 Å². The molecule has 0 saturated carbocycles. The predicted molar refractivity (Wildman–Crippen MR) is 98.8 cm³/mol. The molecule has 0 radical (unpaired) electrons. The Morgan fingerprint density at radius 1 is 0.800 bits per heavy atom. The Labute approximate surface area is 146 Å². The van der Waals surface area contributed by atoms with E-state index in [1.54, 1.807) is 24.3 Å². The summed E-state index contributed by atoms with van der Waals surface area (Å²) in [6, 6.07) is 17.0. The van der Waals surface area contributed by atoms with E-state index in [4.69, 9.17) is 0 Å². The summed E-state index contributed by atoms with van der Waals surface area (Å²) in [5.74, 6) is -0.159. The third-order valence-electron chi connectivity index (χ3n) is 4.78. The van der Waals surface area contributed by atoms with Crippen LogP contribution in [0, 0.1) is 6.92 Å². The summed E-state index contributed by atoms with van der Waals surface area (Å²) in [5.41, 5.74) is 4.78. The van der Waals surface area contributed by atoms with Crippen LogP contribution in [0.15, 0.2) is 54.6 Å². The van der Waals surface area contributed by atoms with E-state index in [1.807, 2.05) is 61.0 Å². The Morgan fingerprint density at radius 3 is 2.08 bits per heavy atom. The summed E-state index contributed by atoms with van der Waals surface area (Å²) in [5, 5.41) is 0. The molecule has 3 nitrogen and oxygen atoms in total. The van der Waals surface area contributed by atoms with Crippen LogP contribution in [0.3, 0.4) is 0 Å². The lowest BCUT2D eigenvalue weighted by atomic mass is 9.86. The van der Waals surface area contributed by atoms with E-state index in [2.05, 4.69) is 0 Å². The highest BCUT2D eigenvalue weighted by molar-refractivity contribution is 6.28. The van der Waals surface area contributed by atoms with Crippen LogP contribution in [-0.4, -0.2) is 16.1 Å². The van der Waals surface area contributed by atoms with Crippen LogP contribution in [0.5, 0.6) is 0 Å². The lowest BCUT2D eigenvalue weighted by Gasteiger charge is -2.15. The minimum absolute atomic E-state index is 0.0716. The van der Waals surface area contributed by atoms with Crippen LogP contribution in [-0.2, 0) is 7.05 Å². The fourth-order valence-electron chi connectivity index (χ4n) is 3.51. The normalized spacial score (nSPS) is 13.2. The molecular formula is C22H17NO2. The molecule has 122 valence electrons. The number of nitrogens with zero attached hydrogens (tertiary/aromatic N) is 1. The summed E-state index contributed by atoms with van der Waals surface area (Å²) in [6.07, 6.45) is 3.96. The van der Waals surface area contributed by atoms with Crippen molar-refractivity contribution in [1.29, 1.82) is 0 Å². The third kappa shape index (κ3) is 2.28. The van der Waals surface area contributed by atoms with Crippen LogP contribution in [0.1, 0.15) is 48.8 Å². The van der Waals surface area contributed by atoms with E-state index in [-0.39, 0.29) is 11.6 Å². The Hall–Kier alpha value is -3.20. The van der Waals surface area contributed by atoms with E-state index in [1.165, 1.54) is 0 Å². The van der Waals surface area contributed by atoms with Crippen LogP contribution >= 0.6 is 0 Å². The molecule has 1 aromatic heterocycles. The van der Waals surface area contributed by atoms with Crippen molar-refractivity contribution in [3.63, 3.8) is 0 Å². The summed E-state index contributed by atoms with van der Waals surface area (Å²) in [4.78, 5) is 25.8. The molecule has 1 aliphatic rings. The van der Waals surface area contributed by atoms with E-state index < -0.39 is 0 Å². The minimum Gasteiger partial charge on any atom is -0.341 e. The van der Waals surface area contributed by atoms with Gasteiger partial charge >= 0.3 is 0 Å². The second-order valence-corrected chi connectivity index (χ2v) is 6.24. The van der Waals surface area contributed by atoms with Crippen molar-refractivity contribution in [2.75, 3.05) is 0 Å². The standard InChI is InChI=1S/C22H17NO2/c1-14-18(13-12-15-8-4-3-5-9-15)23(2)20-19(14)21(24)16-10-6-7-11-17(16)22(20)25/h3-13H,1-2H3/b13-12+. The van der Waals surface area contributed by atoms with Gasteiger partial charge in [-0.05, 0) is 24.1 Å². The van der Waals surface area contributed by atoms with Crippen molar-refractivity contribution in [3.05, 3.63) is 93.8 Å². The fourth-order valence-corrected chi connectivity index (χ4v) is 3.51. The molecule has 0 fully saturated rings. The number of hydrogen-bond donors (Lipinski definition) is 0. The minimum atomic E-state index is -0.0878. The molecule has 3 aromatic rings. The average Bonchev–Trinajstić information content (AvgIpc) is 2.90. The van der Waals surface area contributed by atoms with Gasteiger partial charge in [0, 0.05) is 23.9 Å². The van der Waals surface area contributed by atoms with Crippen molar-refractivity contribution in [2.24, 2.45) is 7.05 Å². The van der Waals surface area contributed by atoms with E-state index in [9.17, 15) is 9.59 Å². The predicted octanol–water partition coefficient (Wildman–Crippen LogP) is 4.28. The van der Waals surface area contributed by atoms with Gasteiger partial charge in [-0.15, -0.1) is 0 Å². The van der Waals surface area contributed by atoms with Crippen LogP contribution < -0.4 is 0 Å². The zero-order chi connectivity index (χ0) is 17.6. The van der Waals surface area contributed by atoms with Gasteiger partial charge in [-0.2, -0.15) is 0 Å². The lowest BCUT2D eigenvalue weighted by Crippen LogP contribution is -2.22. The Morgan fingerprint density at radius 2 is 1.40 bits per heavy atom. The van der Waals surface area contributed by atoms with E-state index in [0.717, 1.165) is 16.8 Å². The molecule has 3 heteroatoms. The van der Waals surface area contributed by atoms with Gasteiger partial charge in [0.1, 0.15) is 5.69 Å². The van der Waals surface area contributed by atoms with Gasteiger partial charge in [0.2, 0.25) is 5.78 Å². The van der Waals surface area contributed by atoms with Gasteiger partial charge < -0.3 is 4.57 Å². The number of rotatable bonds is 2. The molecule has 0 spiro atoms. The van der Waals surface area contributed by atoms with Gasteiger partial charge in [-0.25, -0.2) is 0 Å². The van der Waals surface area contributed by atoms with Crippen molar-refractivity contribution in [2.45, 2.75) is 6.92 Å². The molecule has 1 heterocycles. The number of ketones is 2. The van der Waals surface area contributed by atoms with Gasteiger partial charge in [-0.1, -0.05) is 60.7 Å². The Kier molecular flexibility index (Phi) is 3.50. The fraction of sp³-hybridized carbons (Fsp3) is 0.0909. The Balaban J connectivity index is 1.87. The molecule has 0 saturated heterocycles. The quantitative estimate of drug-likeness (QED) is 0.551. The number of hydrogen-bond acceptors (Lipinski definition) is 2. The second-order valence-electron chi connectivity index (χ2n) is 6.24. The zero-order valence-corrected chi connectivity index (χ0v) is 14.1. The van der Waals surface area contributed by atoms with Gasteiger partial charge in [0.15, 0.2) is 5.78 Å². The average molecular weight is 327 g/mol. The first-order valence-electron chi connectivity index (χ1n) is 8.20. The lowest BCUT2D eigenvalue weighted by molar-refractivity contribution is 0.0974. The number of carbonyl (C=O) groups is 2. The largest absolute Gasteiger partial charge is 0.341 e. The maximum absolute atomic E-state index is 12.9. The van der Waals surface area contributed by atoms with Crippen molar-refractivity contribution in [3.8, 4) is 0 Å². The summed E-state index contributed by atoms with van der Waals surface area (Å²) in [7, 11) is 1.84. The maximum atomic E-state index is 12.9. The maximum Gasteiger partial charge on any atom is 0.210 e. The smallest absolute Gasteiger partial charge is 0.210 e. The van der Waals surface area contributed by atoms with Crippen molar-refractivity contribution >= 4 is 23.7 Å². The molecule has 0 N–H and O–H groups in total. The molecule has 1 aliphatic carbocycles. The molecule has 25 heavy (non-hydrogen) atoms. The molecule has 4 rings (SSSR count). The highest BCUT2D eigenvalue weighted by Crippen LogP contribution is 2.33. The molecule has 0 amide bonds. The topological polar surface area (TPSA) is 39.1 Å².